The zero-order valence-electron chi connectivity index (χ0n) is 24.0. The second kappa shape index (κ2) is 14.3. The molecule has 0 bridgehead atoms. The average molecular weight is 590 g/mol. The number of rotatable bonds is 8. The molecule has 0 N–H and O–H groups in total. The monoisotopic (exact) mass is 588 g/mol. The Bertz CT molecular complexity index is 1320. The fourth-order valence-corrected chi connectivity index (χ4v) is 6.19. The number of hydrogen-bond donors (Lipinski definition) is 0. The molecule has 1 fully saturated rings. The molecule has 0 aromatic heterocycles. The van der Waals surface area contributed by atoms with Crippen LogP contribution in [0.4, 0.5) is 0 Å². The second-order valence-corrected chi connectivity index (χ2v) is 10.7. The van der Waals surface area contributed by atoms with E-state index in [1.165, 1.54) is 41.2 Å². The Hall–Kier alpha value is -2.67. The van der Waals surface area contributed by atoms with Crippen molar-refractivity contribution in [1.82, 2.24) is 9.80 Å². The highest BCUT2D eigenvalue weighted by Crippen LogP contribution is 2.34. The van der Waals surface area contributed by atoms with Gasteiger partial charge in [0.1, 0.15) is 5.75 Å². The Morgan fingerprint density at radius 3 is 2.38 bits per heavy atom. The van der Waals surface area contributed by atoms with Crippen LogP contribution in [0.25, 0.3) is 10.8 Å². The molecule has 0 spiro atoms. The number of fused-ring (bicyclic) bond motifs is 2. The summed E-state index contributed by atoms with van der Waals surface area (Å²) >= 11 is 0. The van der Waals surface area contributed by atoms with E-state index in [-0.39, 0.29) is 30.7 Å². The maximum absolute atomic E-state index is 13.4. The zero-order chi connectivity index (χ0) is 26.6. The van der Waals surface area contributed by atoms with Crippen LogP contribution in [0.15, 0.2) is 42.5 Å². The SMILES string of the molecule is COc1cc2c(cc1OC)C(=O)N(CC1CCCCN(CCc3ccc4c(C)c(OC)ccc4c3)C1)CC2.Cl.Cl. The molecule has 1 atom stereocenters. The minimum Gasteiger partial charge on any atom is -0.496 e. The second-order valence-electron chi connectivity index (χ2n) is 10.7. The molecule has 1 amide bonds. The first kappa shape index (κ1) is 31.9. The minimum atomic E-state index is 0. The van der Waals surface area contributed by atoms with E-state index >= 15 is 0 Å². The molecule has 5 rings (SSSR count). The standard InChI is InChI=1S/C32H40N2O4.2ClH/c1-22-27-10-8-23(17-25(27)9-11-29(22)36-2)12-15-33-14-6-5-7-24(20-33)21-34-16-13-26-18-30(37-3)31(38-4)19-28(26)32(34)35;;/h8-11,17-19,24H,5-7,12-16,20-21H2,1-4H3;2*1H. The van der Waals surface area contributed by atoms with Gasteiger partial charge in [-0.1, -0.05) is 30.7 Å². The number of carbonyl (C=O) groups excluding carboxylic acids is 1. The molecule has 3 aromatic carbocycles. The van der Waals surface area contributed by atoms with Crippen LogP contribution >= 0.6 is 24.8 Å². The first-order valence-corrected chi connectivity index (χ1v) is 13.8. The molecule has 40 heavy (non-hydrogen) atoms. The van der Waals surface area contributed by atoms with E-state index in [2.05, 4.69) is 47.1 Å². The number of carbonyl (C=O) groups is 1. The van der Waals surface area contributed by atoms with E-state index in [9.17, 15) is 4.79 Å². The fraction of sp³-hybridized carbons (Fsp3) is 0.469. The van der Waals surface area contributed by atoms with Crippen LogP contribution in [0, 0.1) is 12.8 Å². The van der Waals surface area contributed by atoms with Crippen molar-refractivity contribution in [3.8, 4) is 17.2 Å². The third-order valence-corrected chi connectivity index (χ3v) is 8.35. The van der Waals surface area contributed by atoms with E-state index in [1.54, 1.807) is 21.3 Å². The molecule has 6 nitrogen and oxygen atoms in total. The summed E-state index contributed by atoms with van der Waals surface area (Å²) in [7, 11) is 4.98. The molecule has 1 saturated heterocycles. The van der Waals surface area contributed by atoms with Gasteiger partial charge < -0.3 is 24.0 Å². The lowest BCUT2D eigenvalue weighted by molar-refractivity contribution is 0.0695. The number of ether oxygens (including phenoxy) is 3. The van der Waals surface area contributed by atoms with Crippen molar-refractivity contribution in [2.24, 2.45) is 5.92 Å². The summed E-state index contributed by atoms with van der Waals surface area (Å²) in [5, 5.41) is 2.53. The van der Waals surface area contributed by atoms with Crippen LogP contribution in [0.2, 0.25) is 0 Å². The highest BCUT2D eigenvalue weighted by molar-refractivity contribution is 5.97. The number of methoxy groups -OCH3 is 3. The lowest BCUT2D eigenvalue weighted by Gasteiger charge is -2.33. The number of nitrogens with zero attached hydrogens (tertiary/aromatic N) is 2. The molecule has 0 aliphatic carbocycles. The summed E-state index contributed by atoms with van der Waals surface area (Å²) in [6, 6.07) is 14.9. The summed E-state index contributed by atoms with van der Waals surface area (Å²) in [6.45, 7) is 6.93. The lowest BCUT2D eigenvalue weighted by Crippen LogP contribution is -2.43. The van der Waals surface area contributed by atoms with Crippen LogP contribution in [0.1, 0.15) is 46.3 Å². The number of halogens is 2. The van der Waals surface area contributed by atoms with Crippen molar-refractivity contribution in [3.63, 3.8) is 0 Å². The molecule has 2 aliphatic rings. The first-order chi connectivity index (χ1) is 18.5. The predicted octanol–water partition coefficient (Wildman–Crippen LogP) is 6.36. The van der Waals surface area contributed by atoms with Gasteiger partial charge in [-0.25, -0.2) is 0 Å². The van der Waals surface area contributed by atoms with Crippen molar-refractivity contribution < 1.29 is 19.0 Å². The van der Waals surface area contributed by atoms with E-state index in [1.807, 2.05) is 12.1 Å². The van der Waals surface area contributed by atoms with E-state index in [0.717, 1.165) is 62.4 Å². The molecule has 1 unspecified atom stereocenters. The summed E-state index contributed by atoms with van der Waals surface area (Å²) in [5.74, 6) is 2.86. The number of hydrogen-bond acceptors (Lipinski definition) is 5. The summed E-state index contributed by atoms with van der Waals surface area (Å²) in [5.41, 5.74) is 4.37. The molecule has 218 valence electrons. The quantitative estimate of drug-likeness (QED) is 0.306. The maximum atomic E-state index is 13.4. The van der Waals surface area contributed by atoms with Gasteiger partial charge in [0.15, 0.2) is 11.5 Å². The van der Waals surface area contributed by atoms with Crippen LogP contribution in [0.3, 0.4) is 0 Å². The topological polar surface area (TPSA) is 51.2 Å². The predicted molar refractivity (Wildman–Crippen MR) is 166 cm³/mol. The van der Waals surface area contributed by atoms with Crippen LogP contribution in [-0.2, 0) is 12.8 Å². The normalized spacial score (nSPS) is 17.4. The molecular formula is C32H42Cl2N2O4. The van der Waals surface area contributed by atoms with Crippen molar-refractivity contribution in [2.45, 2.75) is 39.0 Å². The highest BCUT2D eigenvalue weighted by atomic mass is 35.5. The van der Waals surface area contributed by atoms with Gasteiger partial charge in [0.25, 0.3) is 5.91 Å². The van der Waals surface area contributed by atoms with Crippen LogP contribution < -0.4 is 14.2 Å². The Morgan fingerprint density at radius 1 is 0.875 bits per heavy atom. The van der Waals surface area contributed by atoms with Gasteiger partial charge in [-0.15, -0.1) is 24.8 Å². The Labute approximate surface area is 250 Å². The summed E-state index contributed by atoms with van der Waals surface area (Å²) in [4.78, 5) is 18.1. The van der Waals surface area contributed by atoms with Gasteiger partial charge in [-0.3, -0.25) is 4.79 Å². The Balaban J connectivity index is 0.00000220. The van der Waals surface area contributed by atoms with Gasteiger partial charge in [0.2, 0.25) is 0 Å². The number of likely N-dealkylation sites (tertiary alicyclic amines) is 1. The fourth-order valence-electron chi connectivity index (χ4n) is 6.19. The third-order valence-electron chi connectivity index (χ3n) is 8.35. The smallest absolute Gasteiger partial charge is 0.254 e. The molecule has 2 heterocycles. The van der Waals surface area contributed by atoms with Crippen molar-refractivity contribution in [3.05, 3.63) is 64.7 Å². The van der Waals surface area contributed by atoms with E-state index < -0.39 is 0 Å². The molecule has 0 saturated carbocycles. The first-order valence-electron chi connectivity index (χ1n) is 13.8. The lowest BCUT2D eigenvalue weighted by atomic mass is 9.95. The van der Waals surface area contributed by atoms with Crippen molar-refractivity contribution in [1.29, 1.82) is 0 Å². The van der Waals surface area contributed by atoms with Gasteiger partial charge in [-0.05, 0) is 90.7 Å². The van der Waals surface area contributed by atoms with E-state index in [0.29, 0.717) is 17.4 Å². The molecule has 8 heteroatoms. The van der Waals surface area contributed by atoms with Gasteiger partial charge in [0.05, 0.1) is 21.3 Å². The minimum absolute atomic E-state index is 0. The van der Waals surface area contributed by atoms with Crippen LogP contribution in [0.5, 0.6) is 17.2 Å². The van der Waals surface area contributed by atoms with Crippen LogP contribution in [-0.4, -0.2) is 69.8 Å². The molecule has 2 aliphatic heterocycles. The average Bonchev–Trinajstić information content (AvgIpc) is 3.18. The number of aryl methyl sites for hydroxylation is 1. The number of benzene rings is 3. The maximum Gasteiger partial charge on any atom is 0.254 e. The number of amides is 1. The summed E-state index contributed by atoms with van der Waals surface area (Å²) in [6.07, 6.45) is 5.51. The summed E-state index contributed by atoms with van der Waals surface area (Å²) < 4.78 is 16.4. The molecular weight excluding hydrogens is 547 g/mol. The third kappa shape index (κ3) is 6.79. The molecule has 3 aromatic rings. The van der Waals surface area contributed by atoms with Gasteiger partial charge in [-0.2, -0.15) is 0 Å². The van der Waals surface area contributed by atoms with Crippen molar-refractivity contribution in [2.75, 3.05) is 54.1 Å². The van der Waals surface area contributed by atoms with Crippen molar-refractivity contribution >= 4 is 41.5 Å². The molecule has 0 radical (unpaired) electrons. The Kier molecular flexibility index (Phi) is 11.4. The largest absolute Gasteiger partial charge is 0.496 e. The van der Waals surface area contributed by atoms with Gasteiger partial charge >= 0.3 is 0 Å². The zero-order valence-corrected chi connectivity index (χ0v) is 25.7. The van der Waals surface area contributed by atoms with Gasteiger partial charge in [0, 0.05) is 31.7 Å². The highest BCUT2D eigenvalue weighted by Gasteiger charge is 2.29. The Morgan fingerprint density at radius 2 is 1.62 bits per heavy atom. The van der Waals surface area contributed by atoms with E-state index in [4.69, 9.17) is 14.2 Å².